The van der Waals surface area contributed by atoms with Gasteiger partial charge in [-0.1, -0.05) is 0 Å². The van der Waals surface area contributed by atoms with E-state index in [2.05, 4.69) is 9.97 Å². The summed E-state index contributed by atoms with van der Waals surface area (Å²) in [5.74, 6) is 0.869. The van der Waals surface area contributed by atoms with Gasteiger partial charge in [-0.05, 0) is 31.0 Å². The van der Waals surface area contributed by atoms with E-state index in [0.717, 1.165) is 23.9 Å². The van der Waals surface area contributed by atoms with Crippen LogP contribution < -0.4 is 5.73 Å². The molecule has 0 radical (unpaired) electrons. The number of aromatic nitrogens is 2. The molecule has 0 spiro atoms. The number of imidazole rings is 1. The van der Waals surface area contributed by atoms with Crippen LogP contribution in [0.15, 0.2) is 18.2 Å². The van der Waals surface area contributed by atoms with Crippen molar-refractivity contribution in [3.8, 4) is 0 Å². The molecule has 3 rings (SSSR count). The van der Waals surface area contributed by atoms with Gasteiger partial charge in [-0.3, -0.25) is 0 Å². The lowest BCUT2D eigenvalue weighted by molar-refractivity contribution is 0.127. The molecule has 2 heterocycles. The number of fused-ring (bicyclic) bond motifs is 1. The van der Waals surface area contributed by atoms with Crippen LogP contribution in [0.25, 0.3) is 11.0 Å². The lowest BCUT2D eigenvalue weighted by Crippen LogP contribution is -2.23. The van der Waals surface area contributed by atoms with Crippen molar-refractivity contribution >= 4 is 26.6 Å². The van der Waals surface area contributed by atoms with Crippen LogP contribution in [0.5, 0.6) is 0 Å². The molecule has 6 nitrogen and oxygen atoms in total. The Labute approximate surface area is 123 Å². The van der Waals surface area contributed by atoms with Gasteiger partial charge in [0.25, 0.3) is 0 Å². The second-order valence-corrected chi connectivity index (χ2v) is 7.69. The molecule has 2 aromatic rings. The number of nitrogens with one attached hydrogen (secondary N) is 1. The summed E-state index contributed by atoms with van der Waals surface area (Å²) in [6.45, 7) is 0.672. The van der Waals surface area contributed by atoms with Crippen molar-refractivity contribution in [3.63, 3.8) is 0 Å². The second kappa shape index (κ2) is 5.65. The molecule has 114 valence electrons. The number of sulfone groups is 1. The SMILES string of the molecule is Nc1ccc2nc(CCS(=O)(=O)CC3CCCO3)[nH]c2c1. The molecule has 7 heteroatoms. The van der Waals surface area contributed by atoms with Gasteiger partial charge in [0, 0.05) is 18.7 Å². The van der Waals surface area contributed by atoms with Crippen LogP contribution in [-0.4, -0.2) is 42.6 Å². The van der Waals surface area contributed by atoms with E-state index in [1.165, 1.54) is 0 Å². The summed E-state index contributed by atoms with van der Waals surface area (Å²) in [5.41, 5.74) is 8.00. The fourth-order valence-electron chi connectivity index (χ4n) is 2.59. The highest BCUT2D eigenvalue weighted by Crippen LogP contribution is 2.17. The van der Waals surface area contributed by atoms with E-state index in [1.807, 2.05) is 6.07 Å². The van der Waals surface area contributed by atoms with E-state index in [1.54, 1.807) is 12.1 Å². The number of benzene rings is 1. The third kappa shape index (κ3) is 3.54. The molecule has 0 bridgehead atoms. The monoisotopic (exact) mass is 309 g/mol. The van der Waals surface area contributed by atoms with Crippen LogP contribution in [0.2, 0.25) is 0 Å². The zero-order chi connectivity index (χ0) is 14.9. The number of rotatable bonds is 5. The quantitative estimate of drug-likeness (QED) is 0.811. The lowest BCUT2D eigenvalue weighted by atomic mass is 10.3. The Bertz CT molecular complexity index is 733. The van der Waals surface area contributed by atoms with Gasteiger partial charge in [-0.25, -0.2) is 13.4 Å². The molecule has 1 unspecified atom stereocenters. The van der Waals surface area contributed by atoms with Crippen molar-refractivity contribution in [2.24, 2.45) is 0 Å². The van der Waals surface area contributed by atoms with Crippen LogP contribution in [0.4, 0.5) is 5.69 Å². The third-order valence-corrected chi connectivity index (χ3v) is 5.37. The first-order valence-corrected chi connectivity index (χ1v) is 8.90. The first-order chi connectivity index (χ1) is 10.0. The fourth-order valence-corrected chi connectivity index (χ4v) is 4.09. The standard InChI is InChI=1S/C14H19N3O3S/c15-10-3-4-12-13(8-10)17-14(16-12)5-7-21(18,19)9-11-2-1-6-20-11/h3-4,8,11H,1-2,5-7,9,15H2,(H,16,17). The summed E-state index contributed by atoms with van der Waals surface area (Å²) in [6.07, 6.45) is 2.03. The molecule has 0 aliphatic carbocycles. The maximum atomic E-state index is 12.1. The number of nitrogens with zero attached hydrogens (tertiary/aromatic N) is 1. The summed E-state index contributed by atoms with van der Waals surface area (Å²) < 4.78 is 29.6. The Morgan fingerprint density at radius 1 is 1.43 bits per heavy atom. The van der Waals surface area contributed by atoms with E-state index in [0.29, 0.717) is 24.5 Å². The summed E-state index contributed by atoms with van der Waals surface area (Å²) >= 11 is 0. The minimum Gasteiger partial charge on any atom is -0.399 e. The largest absolute Gasteiger partial charge is 0.399 e. The summed E-state index contributed by atoms with van der Waals surface area (Å²) in [5, 5.41) is 0. The third-order valence-electron chi connectivity index (χ3n) is 3.67. The Balaban J connectivity index is 1.65. The van der Waals surface area contributed by atoms with Crippen LogP contribution >= 0.6 is 0 Å². The maximum Gasteiger partial charge on any atom is 0.153 e. The molecule has 1 saturated heterocycles. The molecule has 1 aromatic heterocycles. The first-order valence-electron chi connectivity index (χ1n) is 7.08. The first kappa shape index (κ1) is 14.3. The molecule has 21 heavy (non-hydrogen) atoms. The van der Waals surface area contributed by atoms with E-state index < -0.39 is 9.84 Å². The highest BCUT2D eigenvalue weighted by atomic mass is 32.2. The van der Waals surface area contributed by atoms with E-state index in [4.69, 9.17) is 10.5 Å². The molecular formula is C14H19N3O3S. The highest BCUT2D eigenvalue weighted by molar-refractivity contribution is 7.91. The molecule has 1 aliphatic heterocycles. The second-order valence-electron chi connectivity index (χ2n) is 5.46. The Morgan fingerprint density at radius 2 is 2.29 bits per heavy atom. The number of hydrogen-bond donors (Lipinski definition) is 2. The van der Waals surface area contributed by atoms with Gasteiger partial charge in [0.15, 0.2) is 9.84 Å². The number of aromatic amines is 1. The predicted octanol–water partition coefficient (Wildman–Crippen LogP) is 1.28. The summed E-state index contributed by atoms with van der Waals surface area (Å²) in [6, 6.07) is 5.40. The maximum absolute atomic E-state index is 12.1. The smallest absolute Gasteiger partial charge is 0.153 e. The van der Waals surface area contributed by atoms with Gasteiger partial charge in [0.1, 0.15) is 5.82 Å². The topological polar surface area (TPSA) is 98.1 Å². The number of nitrogens with two attached hydrogens (primary N) is 1. The minimum absolute atomic E-state index is 0.0855. The van der Waals surface area contributed by atoms with Crippen molar-refractivity contribution in [1.82, 2.24) is 9.97 Å². The summed E-state index contributed by atoms with van der Waals surface area (Å²) in [7, 11) is -3.12. The van der Waals surface area contributed by atoms with Crippen molar-refractivity contribution in [2.45, 2.75) is 25.4 Å². The Kier molecular flexibility index (Phi) is 3.86. The number of aryl methyl sites for hydroxylation is 1. The van der Waals surface area contributed by atoms with E-state index in [9.17, 15) is 8.42 Å². The molecule has 1 aromatic carbocycles. The number of ether oxygens (including phenoxy) is 1. The van der Waals surface area contributed by atoms with Crippen LogP contribution in [0.3, 0.4) is 0 Å². The van der Waals surface area contributed by atoms with Gasteiger partial charge in [-0.15, -0.1) is 0 Å². The average Bonchev–Trinajstić information content (AvgIpc) is 3.04. The molecule has 1 fully saturated rings. The van der Waals surface area contributed by atoms with Crippen molar-refractivity contribution in [2.75, 3.05) is 23.8 Å². The fraction of sp³-hybridized carbons (Fsp3) is 0.500. The number of nitrogen functional groups attached to an aromatic ring is 1. The van der Waals surface area contributed by atoms with Gasteiger partial charge >= 0.3 is 0 Å². The number of hydrogen-bond acceptors (Lipinski definition) is 5. The van der Waals surface area contributed by atoms with Crippen LogP contribution in [0, 0.1) is 0 Å². The predicted molar refractivity (Wildman–Crippen MR) is 81.8 cm³/mol. The molecule has 0 saturated carbocycles. The van der Waals surface area contributed by atoms with Crippen molar-refractivity contribution < 1.29 is 13.2 Å². The highest BCUT2D eigenvalue weighted by Gasteiger charge is 2.23. The normalized spacial score (nSPS) is 19.3. The molecular weight excluding hydrogens is 290 g/mol. The zero-order valence-electron chi connectivity index (χ0n) is 11.7. The van der Waals surface area contributed by atoms with Gasteiger partial charge in [-0.2, -0.15) is 0 Å². The number of anilines is 1. The minimum atomic E-state index is -3.12. The average molecular weight is 309 g/mol. The molecule has 0 amide bonds. The molecule has 3 N–H and O–H groups in total. The van der Waals surface area contributed by atoms with Crippen LogP contribution in [0.1, 0.15) is 18.7 Å². The van der Waals surface area contributed by atoms with Crippen molar-refractivity contribution in [1.29, 1.82) is 0 Å². The van der Waals surface area contributed by atoms with Gasteiger partial charge in [0.05, 0.1) is 28.6 Å². The van der Waals surface area contributed by atoms with E-state index >= 15 is 0 Å². The molecule has 1 atom stereocenters. The lowest BCUT2D eigenvalue weighted by Gasteiger charge is -2.09. The van der Waals surface area contributed by atoms with Gasteiger partial charge < -0.3 is 15.5 Å². The number of H-pyrrole nitrogens is 1. The zero-order valence-corrected chi connectivity index (χ0v) is 12.5. The van der Waals surface area contributed by atoms with Crippen molar-refractivity contribution in [3.05, 3.63) is 24.0 Å². The Hall–Kier alpha value is -1.60. The van der Waals surface area contributed by atoms with E-state index in [-0.39, 0.29) is 17.6 Å². The van der Waals surface area contributed by atoms with Crippen LogP contribution in [-0.2, 0) is 21.0 Å². The molecule has 1 aliphatic rings. The summed E-state index contributed by atoms with van der Waals surface area (Å²) in [4.78, 5) is 7.50. The Morgan fingerprint density at radius 3 is 3.05 bits per heavy atom. The van der Waals surface area contributed by atoms with Gasteiger partial charge in [0.2, 0.25) is 0 Å².